The number of nitrogens with zero attached hydrogens (tertiary/aromatic N) is 1. The first kappa shape index (κ1) is 18.7. The van der Waals surface area contributed by atoms with Crippen molar-refractivity contribution in [3.63, 3.8) is 0 Å². The van der Waals surface area contributed by atoms with Gasteiger partial charge >= 0.3 is 5.69 Å². The Labute approximate surface area is 157 Å². The SMILES string of the molecule is O=[N+]([O-])c1ccc(Oc2c(F)cc(Cl)cc2Cl)cc1OC1COCOC1. The lowest BCUT2D eigenvalue weighted by molar-refractivity contribution is -0.386. The van der Waals surface area contributed by atoms with Crippen LogP contribution in [-0.4, -0.2) is 31.0 Å². The van der Waals surface area contributed by atoms with Crippen LogP contribution in [0.15, 0.2) is 30.3 Å². The van der Waals surface area contributed by atoms with Crippen molar-refractivity contribution < 1.29 is 28.3 Å². The fourth-order valence-corrected chi connectivity index (χ4v) is 2.77. The zero-order valence-corrected chi connectivity index (χ0v) is 14.6. The molecule has 0 amide bonds. The molecule has 3 rings (SSSR count). The first-order chi connectivity index (χ1) is 12.4. The molecule has 1 aliphatic rings. The molecule has 2 aromatic rings. The Kier molecular flexibility index (Phi) is 5.77. The highest BCUT2D eigenvalue weighted by Crippen LogP contribution is 2.38. The van der Waals surface area contributed by atoms with Crippen LogP contribution in [0.4, 0.5) is 10.1 Å². The Balaban J connectivity index is 1.89. The van der Waals surface area contributed by atoms with Crippen LogP contribution in [0.5, 0.6) is 17.2 Å². The van der Waals surface area contributed by atoms with E-state index in [1.54, 1.807) is 0 Å². The maximum atomic E-state index is 14.0. The lowest BCUT2D eigenvalue weighted by Gasteiger charge is -2.23. The van der Waals surface area contributed by atoms with E-state index in [9.17, 15) is 14.5 Å². The van der Waals surface area contributed by atoms with Crippen molar-refractivity contribution in [3.05, 3.63) is 56.3 Å². The molecule has 0 atom stereocenters. The third-order valence-electron chi connectivity index (χ3n) is 3.38. The summed E-state index contributed by atoms with van der Waals surface area (Å²) in [6.45, 7) is 0.583. The summed E-state index contributed by atoms with van der Waals surface area (Å²) in [6, 6.07) is 6.14. The maximum absolute atomic E-state index is 14.0. The molecule has 1 saturated heterocycles. The van der Waals surface area contributed by atoms with E-state index in [0.29, 0.717) is 0 Å². The molecule has 2 aromatic carbocycles. The normalized spacial score (nSPS) is 14.9. The van der Waals surface area contributed by atoms with E-state index in [1.165, 1.54) is 24.3 Å². The molecule has 0 bridgehead atoms. The van der Waals surface area contributed by atoms with E-state index < -0.39 is 16.8 Å². The van der Waals surface area contributed by atoms with Crippen LogP contribution >= 0.6 is 23.2 Å². The van der Waals surface area contributed by atoms with E-state index in [-0.39, 0.29) is 53.0 Å². The van der Waals surface area contributed by atoms with Crippen molar-refractivity contribution in [1.82, 2.24) is 0 Å². The van der Waals surface area contributed by atoms with Gasteiger partial charge in [0.25, 0.3) is 0 Å². The number of rotatable bonds is 5. The van der Waals surface area contributed by atoms with Crippen molar-refractivity contribution in [2.45, 2.75) is 6.10 Å². The molecule has 0 unspecified atom stereocenters. The van der Waals surface area contributed by atoms with Crippen LogP contribution < -0.4 is 9.47 Å². The third kappa shape index (κ3) is 4.34. The number of hydrogen-bond acceptors (Lipinski definition) is 6. The minimum Gasteiger partial charge on any atom is -0.478 e. The third-order valence-corrected chi connectivity index (χ3v) is 3.88. The van der Waals surface area contributed by atoms with Gasteiger partial charge in [0.1, 0.15) is 18.6 Å². The van der Waals surface area contributed by atoms with Crippen molar-refractivity contribution in [2.24, 2.45) is 0 Å². The van der Waals surface area contributed by atoms with Gasteiger partial charge in [0, 0.05) is 17.2 Å². The van der Waals surface area contributed by atoms with E-state index in [4.69, 9.17) is 42.1 Å². The average Bonchev–Trinajstić information content (AvgIpc) is 2.59. The molecule has 0 radical (unpaired) electrons. The zero-order chi connectivity index (χ0) is 18.7. The second-order valence-electron chi connectivity index (χ2n) is 5.29. The molecule has 1 aliphatic heterocycles. The predicted octanol–water partition coefficient (Wildman–Crippen LogP) is 4.58. The molecule has 138 valence electrons. The molecular formula is C16H12Cl2FNO6. The molecular weight excluding hydrogens is 392 g/mol. The molecule has 1 heterocycles. The van der Waals surface area contributed by atoms with Crippen LogP contribution in [-0.2, 0) is 9.47 Å². The quantitative estimate of drug-likeness (QED) is 0.536. The monoisotopic (exact) mass is 403 g/mol. The molecule has 0 saturated carbocycles. The summed E-state index contributed by atoms with van der Waals surface area (Å²) in [4.78, 5) is 10.6. The smallest absolute Gasteiger partial charge is 0.311 e. The summed E-state index contributed by atoms with van der Waals surface area (Å²) >= 11 is 11.7. The van der Waals surface area contributed by atoms with E-state index in [1.807, 2.05) is 0 Å². The average molecular weight is 404 g/mol. The van der Waals surface area contributed by atoms with Crippen molar-refractivity contribution in [3.8, 4) is 17.2 Å². The Morgan fingerprint density at radius 1 is 1.19 bits per heavy atom. The number of nitro benzene ring substituents is 1. The van der Waals surface area contributed by atoms with Gasteiger partial charge in [-0.15, -0.1) is 0 Å². The van der Waals surface area contributed by atoms with Gasteiger partial charge in [-0.3, -0.25) is 10.1 Å². The molecule has 0 N–H and O–H groups in total. The zero-order valence-electron chi connectivity index (χ0n) is 13.1. The van der Waals surface area contributed by atoms with Crippen molar-refractivity contribution in [2.75, 3.05) is 20.0 Å². The molecule has 26 heavy (non-hydrogen) atoms. The second kappa shape index (κ2) is 8.05. The van der Waals surface area contributed by atoms with E-state index >= 15 is 0 Å². The Bertz CT molecular complexity index is 805. The first-order valence-electron chi connectivity index (χ1n) is 7.37. The van der Waals surface area contributed by atoms with Crippen LogP contribution in [0.2, 0.25) is 10.0 Å². The van der Waals surface area contributed by atoms with Gasteiger partial charge in [0.05, 0.1) is 23.2 Å². The van der Waals surface area contributed by atoms with E-state index in [2.05, 4.69) is 0 Å². The predicted molar refractivity (Wildman–Crippen MR) is 90.8 cm³/mol. The molecule has 1 fully saturated rings. The summed E-state index contributed by atoms with van der Waals surface area (Å²) < 4.78 is 35.2. The summed E-state index contributed by atoms with van der Waals surface area (Å²) in [7, 11) is 0. The molecule has 10 heteroatoms. The van der Waals surface area contributed by atoms with Gasteiger partial charge in [-0.05, 0) is 18.2 Å². The van der Waals surface area contributed by atoms with Gasteiger partial charge in [0.15, 0.2) is 11.6 Å². The number of halogens is 3. The van der Waals surface area contributed by atoms with Gasteiger partial charge in [-0.2, -0.15) is 0 Å². The van der Waals surface area contributed by atoms with Crippen LogP contribution in [0.1, 0.15) is 0 Å². The minimum atomic E-state index is -0.766. The molecule has 0 aliphatic carbocycles. The van der Waals surface area contributed by atoms with Crippen molar-refractivity contribution >= 4 is 28.9 Å². The number of ether oxygens (including phenoxy) is 4. The highest BCUT2D eigenvalue weighted by atomic mass is 35.5. The Morgan fingerprint density at radius 3 is 2.58 bits per heavy atom. The fraction of sp³-hybridized carbons (Fsp3) is 0.250. The number of benzene rings is 2. The summed E-state index contributed by atoms with van der Waals surface area (Å²) in [5.74, 6) is -0.971. The maximum Gasteiger partial charge on any atom is 0.311 e. The van der Waals surface area contributed by atoms with Gasteiger partial charge in [-0.25, -0.2) is 4.39 Å². The Morgan fingerprint density at radius 2 is 1.92 bits per heavy atom. The molecule has 0 spiro atoms. The number of nitro groups is 1. The van der Waals surface area contributed by atoms with Crippen LogP contribution in [0.3, 0.4) is 0 Å². The summed E-state index contributed by atoms with van der Waals surface area (Å²) in [5.41, 5.74) is -0.273. The largest absolute Gasteiger partial charge is 0.478 e. The standard InChI is InChI=1S/C16H12Cl2FNO6/c17-9-3-12(18)16(13(19)4-9)26-10-1-2-14(20(21)22)15(5-10)25-11-6-23-8-24-7-11/h1-5,11H,6-8H2. The van der Waals surface area contributed by atoms with Crippen LogP contribution in [0.25, 0.3) is 0 Å². The summed E-state index contributed by atoms with van der Waals surface area (Å²) in [5, 5.41) is 11.3. The lowest BCUT2D eigenvalue weighted by Crippen LogP contribution is -2.34. The lowest BCUT2D eigenvalue weighted by atomic mass is 10.2. The first-order valence-corrected chi connectivity index (χ1v) is 8.12. The molecule has 7 nitrogen and oxygen atoms in total. The highest BCUT2D eigenvalue weighted by Gasteiger charge is 2.23. The van der Waals surface area contributed by atoms with Gasteiger partial charge in [-0.1, -0.05) is 23.2 Å². The molecule has 0 aromatic heterocycles. The summed E-state index contributed by atoms with van der Waals surface area (Å²) in [6.07, 6.45) is -0.520. The van der Waals surface area contributed by atoms with E-state index in [0.717, 1.165) is 6.07 Å². The van der Waals surface area contributed by atoms with Gasteiger partial charge < -0.3 is 18.9 Å². The number of hydrogen-bond donors (Lipinski definition) is 0. The van der Waals surface area contributed by atoms with Gasteiger partial charge in [0.2, 0.25) is 5.75 Å². The fourth-order valence-electron chi connectivity index (χ4n) is 2.26. The highest BCUT2D eigenvalue weighted by molar-refractivity contribution is 6.35. The Hall–Kier alpha value is -2.13. The topological polar surface area (TPSA) is 80.1 Å². The minimum absolute atomic E-state index is 0.0371. The van der Waals surface area contributed by atoms with Crippen LogP contribution in [0, 0.1) is 15.9 Å². The van der Waals surface area contributed by atoms with Crippen molar-refractivity contribution in [1.29, 1.82) is 0 Å². The second-order valence-corrected chi connectivity index (χ2v) is 6.13.